The summed E-state index contributed by atoms with van der Waals surface area (Å²) in [7, 11) is 0. The lowest BCUT2D eigenvalue weighted by molar-refractivity contribution is -0.165. The second-order valence-corrected chi connectivity index (χ2v) is 8.12. The van der Waals surface area contributed by atoms with Crippen molar-refractivity contribution in [2.45, 2.75) is 37.9 Å². The van der Waals surface area contributed by atoms with Gasteiger partial charge in [0.05, 0.1) is 6.61 Å². The number of hydrogen-bond donors (Lipinski definition) is 5. The average molecular weight is 479 g/mol. The van der Waals surface area contributed by atoms with Gasteiger partial charge in [0.2, 0.25) is 0 Å². The van der Waals surface area contributed by atoms with Crippen LogP contribution in [0.5, 0.6) is 5.75 Å². The van der Waals surface area contributed by atoms with Crippen molar-refractivity contribution in [3.63, 3.8) is 0 Å². The number of carboxylic acid groups (broad SMARTS) is 2. The molecule has 2 aliphatic rings. The summed E-state index contributed by atoms with van der Waals surface area (Å²) in [5.41, 5.74) is -0.224. The second-order valence-electron chi connectivity index (χ2n) is 8.12. The van der Waals surface area contributed by atoms with Crippen LogP contribution in [0, 0.1) is 5.41 Å². The third kappa shape index (κ3) is 7.11. The molecule has 2 fully saturated rings. The minimum Gasteiger partial charge on any atom is -0.508 e. The van der Waals surface area contributed by atoms with Gasteiger partial charge in [0.1, 0.15) is 11.2 Å². The number of allylic oxidation sites excluding steroid dienone is 1. The van der Waals surface area contributed by atoms with E-state index in [1.54, 1.807) is 30.3 Å². The molecule has 0 spiro atoms. The fourth-order valence-corrected chi connectivity index (χ4v) is 3.67. The molecule has 11 heteroatoms. The van der Waals surface area contributed by atoms with Crippen molar-refractivity contribution in [3.05, 3.63) is 35.9 Å². The summed E-state index contributed by atoms with van der Waals surface area (Å²) in [6.45, 7) is 3.16. The second kappa shape index (κ2) is 12.3. The molecule has 0 aliphatic carbocycles. The van der Waals surface area contributed by atoms with Crippen molar-refractivity contribution >= 4 is 29.8 Å². The number of carbonyl (C=O) groups is 4. The number of aliphatic hydroxyl groups excluding tert-OH is 2. The Morgan fingerprint density at radius 1 is 1.03 bits per heavy atom. The molecular formula is C23H29NO10. The van der Waals surface area contributed by atoms with Crippen molar-refractivity contribution < 1.29 is 49.4 Å². The zero-order chi connectivity index (χ0) is 25.3. The normalized spacial score (nSPS) is 22.0. The summed E-state index contributed by atoms with van der Waals surface area (Å²) in [6.07, 6.45) is 1.98. The number of ketones is 1. The zero-order valence-corrected chi connectivity index (χ0v) is 18.5. The molecule has 1 aromatic carbocycles. The highest BCUT2D eigenvalue weighted by atomic mass is 16.5. The van der Waals surface area contributed by atoms with Crippen LogP contribution in [0.4, 0.5) is 0 Å². The molecule has 5 N–H and O–H groups in total. The van der Waals surface area contributed by atoms with Crippen LogP contribution in [0.25, 0.3) is 6.08 Å². The number of carbonyl (C=O) groups excluding carboxylic acids is 2. The summed E-state index contributed by atoms with van der Waals surface area (Å²) in [5, 5.41) is 41.8. The van der Waals surface area contributed by atoms with Gasteiger partial charge in [-0.25, -0.2) is 9.59 Å². The molecule has 3 unspecified atom stereocenters. The Morgan fingerprint density at radius 3 is 2.06 bits per heavy atom. The molecule has 0 amide bonds. The number of cyclic esters (lactones) is 1. The number of likely N-dealkylation sites (tertiary alicyclic amines) is 1. The van der Waals surface area contributed by atoms with E-state index in [4.69, 9.17) is 25.2 Å². The topological polar surface area (TPSA) is 182 Å². The van der Waals surface area contributed by atoms with Crippen LogP contribution in [0.15, 0.2) is 30.3 Å². The number of aliphatic hydroxyl groups is 2. The Kier molecular flexibility index (Phi) is 9.72. The molecule has 186 valence electrons. The first-order valence-corrected chi connectivity index (χ1v) is 10.8. The number of rotatable bonds is 9. The zero-order valence-electron chi connectivity index (χ0n) is 18.5. The molecule has 2 heterocycles. The number of phenolic OH excluding ortho intramolecular Hbond substituents is 1. The number of esters is 1. The molecule has 3 atom stereocenters. The molecule has 0 radical (unpaired) electrons. The quantitative estimate of drug-likeness (QED) is 0.186. The SMILES string of the molecule is O=C(/C=C/c1ccc(O)cc1)C1(CCN2CCCC2)CCOC1=O.O=C(O)C(O)C(O)C(=O)O. The molecule has 0 aromatic heterocycles. The number of ether oxygens (including phenoxy) is 1. The first kappa shape index (κ1) is 27.0. The molecule has 1 aromatic rings. The Morgan fingerprint density at radius 2 is 1.59 bits per heavy atom. The Balaban J connectivity index is 0.000000347. The van der Waals surface area contributed by atoms with Crippen LogP contribution < -0.4 is 0 Å². The molecule has 0 saturated carbocycles. The van der Waals surface area contributed by atoms with Gasteiger partial charge in [0.15, 0.2) is 18.0 Å². The average Bonchev–Trinajstić information content (AvgIpc) is 3.46. The van der Waals surface area contributed by atoms with E-state index in [-0.39, 0.29) is 17.5 Å². The van der Waals surface area contributed by atoms with Crippen molar-refractivity contribution in [1.82, 2.24) is 4.90 Å². The highest BCUT2D eigenvalue weighted by Gasteiger charge is 2.49. The van der Waals surface area contributed by atoms with Crippen molar-refractivity contribution in [2.75, 3.05) is 26.2 Å². The highest BCUT2D eigenvalue weighted by Crippen LogP contribution is 2.36. The van der Waals surface area contributed by atoms with Gasteiger partial charge in [-0.05, 0) is 62.7 Å². The van der Waals surface area contributed by atoms with Gasteiger partial charge in [0.25, 0.3) is 0 Å². The molecular weight excluding hydrogens is 450 g/mol. The fraction of sp³-hybridized carbons (Fsp3) is 0.478. The van der Waals surface area contributed by atoms with E-state index in [9.17, 15) is 24.3 Å². The standard InChI is InChI=1S/C19H23NO4.C4H6O6/c21-16-6-3-15(4-7-16)5-8-17(22)19(10-14-24-18(19)23)9-13-20-11-1-2-12-20;5-1(3(7)8)2(6)4(9)10/h3-8,21H,1-2,9-14H2;1-2,5-6H,(H,7,8)(H,9,10)/b8-5+;. The number of aliphatic carboxylic acids is 2. The molecule has 11 nitrogen and oxygen atoms in total. The van der Waals surface area contributed by atoms with E-state index < -0.39 is 29.6 Å². The van der Waals surface area contributed by atoms with Crippen LogP contribution in [-0.4, -0.2) is 92.6 Å². The molecule has 34 heavy (non-hydrogen) atoms. The molecule has 2 saturated heterocycles. The lowest BCUT2D eigenvalue weighted by Gasteiger charge is -2.24. The van der Waals surface area contributed by atoms with Crippen molar-refractivity contribution in [2.24, 2.45) is 5.41 Å². The maximum absolute atomic E-state index is 12.8. The van der Waals surface area contributed by atoms with Gasteiger partial charge in [-0.2, -0.15) is 0 Å². The van der Waals surface area contributed by atoms with Gasteiger partial charge in [-0.15, -0.1) is 0 Å². The smallest absolute Gasteiger partial charge is 0.335 e. The summed E-state index contributed by atoms with van der Waals surface area (Å²) in [5.74, 6) is -3.93. The predicted molar refractivity (Wildman–Crippen MR) is 118 cm³/mol. The number of hydrogen-bond acceptors (Lipinski definition) is 9. The number of carboxylic acids is 2. The fourth-order valence-electron chi connectivity index (χ4n) is 3.67. The van der Waals surface area contributed by atoms with E-state index in [1.807, 2.05) is 0 Å². The van der Waals surface area contributed by atoms with E-state index in [0.717, 1.165) is 25.2 Å². The van der Waals surface area contributed by atoms with Crippen molar-refractivity contribution in [3.8, 4) is 5.75 Å². The maximum atomic E-state index is 12.8. The summed E-state index contributed by atoms with van der Waals surface area (Å²) in [6, 6.07) is 6.58. The lowest BCUT2D eigenvalue weighted by atomic mass is 9.78. The minimum absolute atomic E-state index is 0.180. The number of phenols is 1. The van der Waals surface area contributed by atoms with E-state index in [1.165, 1.54) is 18.9 Å². The largest absolute Gasteiger partial charge is 0.508 e. The summed E-state index contributed by atoms with van der Waals surface area (Å²) in [4.78, 5) is 46.9. The highest BCUT2D eigenvalue weighted by molar-refractivity contribution is 6.11. The van der Waals surface area contributed by atoms with Crippen LogP contribution in [0.3, 0.4) is 0 Å². The van der Waals surface area contributed by atoms with Gasteiger partial charge in [-0.3, -0.25) is 9.59 Å². The number of benzene rings is 1. The van der Waals surface area contributed by atoms with Gasteiger partial charge >= 0.3 is 17.9 Å². The van der Waals surface area contributed by atoms with Gasteiger partial charge < -0.3 is 35.2 Å². The Bertz CT molecular complexity index is 889. The van der Waals surface area contributed by atoms with E-state index >= 15 is 0 Å². The third-order valence-corrected chi connectivity index (χ3v) is 5.80. The first-order valence-electron chi connectivity index (χ1n) is 10.8. The third-order valence-electron chi connectivity index (χ3n) is 5.80. The van der Waals surface area contributed by atoms with Crippen molar-refractivity contribution in [1.29, 1.82) is 0 Å². The Hall–Kier alpha value is -3.28. The molecule has 2 aliphatic heterocycles. The molecule has 0 bridgehead atoms. The monoisotopic (exact) mass is 479 g/mol. The summed E-state index contributed by atoms with van der Waals surface area (Å²) < 4.78 is 5.13. The van der Waals surface area contributed by atoms with Gasteiger partial charge in [-0.1, -0.05) is 18.2 Å². The van der Waals surface area contributed by atoms with Crippen LogP contribution in [0.1, 0.15) is 31.2 Å². The number of nitrogens with zero attached hydrogens (tertiary/aromatic N) is 1. The van der Waals surface area contributed by atoms with Crippen LogP contribution >= 0.6 is 0 Å². The van der Waals surface area contributed by atoms with E-state index in [0.29, 0.717) is 19.4 Å². The van der Waals surface area contributed by atoms with Gasteiger partial charge in [0, 0.05) is 6.42 Å². The summed E-state index contributed by atoms with van der Waals surface area (Å²) >= 11 is 0. The minimum atomic E-state index is -2.27. The first-order chi connectivity index (χ1) is 16.1. The molecule has 3 rings (SSSR count). The number of aromatic hydroxyl groups is 1. The predicted octanol–water partition coefficient (Wildman–Crippen LogP) is 0.271. The lowest BCUT2D eigenvalue weighted by Crippen LogP contribution is -2.39. The van der Waals surface area contributed by atoms with Crippen LogP contribution in [0.2, 0.25) is 0 Å². The van der Waals surface area contributed by atoms with E-state index in [2.05, 4.69) is 4.90 Å². The Labute approximate surface area is 195 Å². The maximum Gasteiger partial charge on any atom is 0.335 e. The van der Waals surface area contributed by atoms with Crippen LogP contribution in [-0.2, 0) is 23.9 Å².